The summed E-state index contributed by atoms with van der Waals surface area (Å²) in [5, 5.41) is 10.6. The van der Waals surface area contributed by atoms with Gasteiger partial charge in [-0.3, -0.25) is 4.79 Å². The number of ether oxygens (including phenoxy) is 1. The van der Waals surface area contributed by atoms with Gasteiger partial charge in [-0.05, 0) is 49.4 Å². The summed E-state index contributed by atoms with van der Waals surface area (Å²) in [5.74, 6) is 0.343. The van der Waals surface area contributed by atoms with Crippen molar-refractivity contribution < 1.29 is 14.3 Å². The molecule has 124 valence electrons. The highest BCUT2D eigenvalue weighted by Crippen LogP contribution is 2.32. The van der Waals surface area contributed by atoms with Gasteiger partial charge in [0.25, 0.3) is 0 Å². The molecule has 0 aliphatic heterocycles. The van der Waals surface area contributed by atoms with Crippen molar-refractivity contribution in [3.05, 3.63) is 52.7 Å². The van der Waals surface area contributed by atoms with Gasteiger partial charge in [0.05, 0.1) is 12.0 Å². The van der Waals surface area contributed by atoms with Gasteiger partial charge in [-0.15, -0.1) is 0 Å². The van der Waals surface area contributed by atoms with Crippen molar-refractivity contribution in [2.75, 3.05) is 25.6 Å². The maximum absolute atomic E-state index is 12.5. The molecule has 0 bridgehead atoms. The van der Waals surface area contributed by atoms with Crippen LogP contribution in [0.1, 0.15) is 6.92 Å². The van der Waals surface area contributed by atoms with Crippen molar-refractivity contribution in [3.63, 3.8) is 0 Å². The van der Waals surface area contributed by atoms with E-state index in [-0.39, 0.29) is 5.76 Å². The minimum atomic E-state index is -0.468. The molecule has 0 radical (unpaired) electrons. The molecule has 0 amide bonds. The third-order valence-electron chi connectivity index (χ3n) is 3.79. The van der Waals surface area contributed by atoms with Crippen LogP contribution in [0.2, 0.25) is 0 Å². The number of nitrogens with zero attached hydrogens (tertiary/aromatic N) is 1. The molecule has 24 heavy (non-hydrogen) atoms. The Bertz CT molecular complexity index is 926. The van der Waals surface area contributed by atoms with Crippen LogP contribution in [0, 0.1) is 0 Å². The van der Waals surface area contributed by atoms with E-state index in [0.29, 0.717) is 28.9 Å². The minimum Gasteiger partial charge on any atom is -0.502 e. The first-order valence-corrected chi connectivity index (χ1v) is 7.71. The van der Waals surface area contributed by atoms with Crippen LogP contribution in [-0.2, 0) is 0 Å². The van der Waals surface area contributed by atoms with E-state index in [9.17, 15) is 9.90 Å². The summed E-state index contributed by atoms with van der Waals surface area (Å²) in [6.07, 6.45) is 0. The fourth-order valence-corrected chi connectivity index (χ4v) is 2.53. The molecule has 1 heterocycles. The van der Waals surface area contributed by atoms with Crippen LogP contribution in [0.5, 0.6) is 11.5 Å². The molecule has 0 atom stereocenters. The van der Waals surface area contributed by atoms with E-state index in [2.05, 4.69) is 0 Å². The predicted octanol–water partition coefficient (Wildman–Crippen LogP) is 3.63. The maximum Gasteiger partial charge on any atom is 0.235 e. The van der Waals surface area contributed by atoms with E-state index in [0.717, 1.165) is 5.69 Å². The maximum atomic E-state index is 12.5. The number of benzene rings is 2. The lowest BCUT2D eigenvalue weighted by Crippen LogP contribution is -2.08. The van der Waals surface area contributed by atoms with E-state index in [1.807, 2.05) is 50.2 Å². The second-order valence-corrected chi connectivity index (χ2v) is 5.64. The molecule has 3 rings (SSSR count). The summed E-state index contributed by atoms with van der Waals surface area (Å²) >= 11 is 0. The van der Waals surface area contributed by atoms with Crippen LogP contribution in [0.15, 0.2) is 51.7 Å². The molecule has 3 aromatic rings. The number of hydrogen-bond acceptors (Lipinski definition) is 5. The molecule has 0 spiro atoms. The summed E-state index contributed by atoms with van der Waals surface area (Å²) in [4.78, 5) is 14.4. The lowest BCUT2D eigenvalue weighted by atomic mass is 10.1. The topological polar surface area (TPSA) is 62.9 Å². The zero-order valence-electron chi connectivity index (χ0n) is 13.9. The molecule has 0 aliphatic carbocycles. The second kappa shape index (κ2) is 6.28. The monoisotopic (exact) mass is 325 g/mol. The molecule has 2 aromatic carbocycles. The zero-order chi connectivity index (χ0) is 17.3. The molecule has 1 aromatic heterocycles. The summed E-state index contributed by atoms with van der Waals surface area (Å²) in [6.45, 7) is 2.36. The number of aromatic hydroxyl groups is 1. The fourth-order valence-electron chi connectivity index (χ4n) is 2.53. The largest absolute Gasteiger partial charge is 0.502 e. The zero-order valence-corrected chi connectivity index (χ0v) is 13.9. The van der Waals surface area contributed by atoms with Crippen LogP contribution in [-0.4, -0.2) is 25.8 Å². The van der Waals surface area contributed by atoms with Gasteiger partial charge in [0, 0.05) is 25.3 Å². The highest BCUT2D eigenvalue weighted by atomic mass is 16.5. The van der Waals surface area contributed by atoms with Gasteiger partial charge >= 0.3 is 0 Å². The molecular weight excluding hydrogens is 306 g/mol. The van der Waals surface area contributed by atoms with Crippen molar-refractivity contribution in [2.24, 2.45) is 0 Å². The molecule has 0 fully saturated rings. The Morgan fingerprint density at radius 2 is 1.83 bits per heavy atom. The quantitative estimate of drug-likeness (QED) is 0.793. The fraction of sp³-hybridized carbons (Fsp3) is 0.211. The van der Waals surface area contributed by atoms with Gasteiger partial charge in [0.15, 0.2) is 5.76 Å². The molecule has 5 nitrogen and oxygen atoms in total. The minimum absolute atomic E-state index is 0.168. The molecule has 0 saturated carbocycles. The van der Waals surface area contributed by atoms with Gasteiger partial charge in [0.2, 0.25) is 11.2 Å². The normalized spacial score (nSPS) is 10.8. The third kappa shape index (κ3) is 2.80. The first kappa shape index (κ1) is 15.9. The number of fused-ring (bicyclic) bond motifs is 1. The first-order valence-electron chi connectivity index (χ1n) is 7.71. The van der Waals surface area contributed by atoms with Crippen LogP contribution in [0.3, 0.4) is 0 Å². The molecule has 0 saturated heterocycles. The van der Waals surface area contributed by atoms with Crippen molar-refractivity contribution >= 4 is 16.7 Å². The summed E-state index contributed by atoms with van der Waals surface area (Å²) in [5.41, 5.74) is 1.60. The van der Waals surface area contributed by atoms with E-state index in [1.165, 1.54) is 0 Å². The molecular formula is C19H19NO4. The lowest BCUT2D eigenvalue weighted by molar-refractivity contribution is 0.340. The van der Waals surface area contributed by atoms with Gasteiger partial charge in [0.1, 0.15) is 11.3 Å². The Hall–Kier alpha value is -2.95. The van der Waals surface area contributed by atoms with E-state index in [4.69, 9.17) is 9.15 Å². The predicted molar refractivity (Wildman–Crippen MR) is 95.1 cm³/mol. The van der Waals surface area contributed by atoms with Crippen LogP contribution in [0.25, 0.3) is 22.3 Å². The highest BCUT2D eigenvalue weighted by molar-refractivity contribution is 5.83. The average Bonchev–Trinajstić information content (AvgIpc) is 2.59. The van der Waals surface area contributed by atoms with Crippen LogP contribution < -0.4 is 15.1 Å². The molecule has 0 unspecified atom stereocenters. The number of rotatable bonds is 4. The first-order chi connectivity index (χ1) is 11.5. The third-order valence-corrected chi connectivity index (χ3v) is 3.79. The smallest absolute Gasteiger partial charge is 0.235 e. The second-order valence-electron chi connectivity index (χ2n) is 5.64. The Balaban J connectivity index is 2.14. The van der Waals surface area contributed by atoms with Crippen molar-refractivity contribution in [2.45, 2.75) is 6.92 Å². The van der Waals surface area contributed by atoms with E-state index < -0.39 is 11.2 Å². The van der Waals surface area contributed by atoms with Crippen molar-refractivity contribution in [1.29, 1.82) is 0 Å². The van der Waals surface area contributed by atoms with Gasteiger partial charge in [-0.25, -0.2) is 0 Å². The molecule has 0 aliphatic rings. The van der Waals surface area contributed by atoms with Gasteiger partial charge < -0.3 is 19.2 Å². The summed E-state index contributed by atoms with van der Waals surface area (Å²) in [7, 11) is 3.89. The van der Waals surface area contributed by atoms with E-state index >= 15 is 0 Å². The SMILES string of the molecule is CCOc1ccc2oc(-c3ccc(N(C)C)cc3)c(O)c(=O)c2c1. The average molecular weight is 325 g/mol. The Labute approximate surface area is 139 Å². The molecule has 1 N–H and O–H groups in total. The standard InChI is InChI=1S/C19H19NO4/c1-4-23-14-9-10-16-15(11-14)17(21)18(22)19(24-16)12-5-7-13(8-6-12)20(2)3/h5-11,22H,4H2,1-3H3. The van der Waals surface area contributed by atoms with Crippen LogP contribution in [0.4, 0.5) is 5.69 Å². The van der Waals surface area contributed by atoms with Crippen molar-refractivity contribution in [1.82, 2.24) is 0 Å². The summed E-state index contributed by atoms with van der Waals surface area (Å²) in [6, 6.07) is 12.4. The highest BCUT2D eigenvalue weighted by Gasteiger charge is 2.16. The van der Waals surface area contributed by atoms with Crippen LogP contribution >= 0.6 is 0 Å². The number of anilines is 1. The lowest BCUT2D eigenvalue weighted by Gasteiger charge is -2.13. The number of hydrogen-bond donors (Lipinski definition) is 1. The summed E-state index contributed by atoms with van der Waals surface area (Å²) < 4.78 is 11.2. The van der Waals surface area contributed by atoms with Crippen molar-refractivity contribution in [3.8, 4) is 22.8 Å². The Morgan fingerprint density at radius 1 is 1.12 bits per heavy atom. The van der Waals surface area contributed by atoms with Gasteiger partial charge in [-0.2, -0.15) is 0 Å². The Morgan fingerprint density at radius 3 is 2.46 bits per heavy atom. The van der Waals surface area contributed by atoms with E-state index in [1.54, 1.807) is 18.2 Å². The molecule has 5 heteroatoms. The van der Waals surface area contributed by atoms with Gasteiger partial charge in [-0.1, -0.05) is 0 Å². The Kier molecular flexibility index (Phi) is 4.16.